The molecule has 1 aromatic rings. The van der Waals surface area contributed by atoms with Gasteiger partial charge in [0.25, 0.3) is 0 Å². The molecule has 2 heterocycles. The number of sulfonamides is 1. The van der Waals surface area contributed by atoms with Gasteiger partial charge < -0.3 is 10.1 Å². The quantitative estimate of drug-likeness (QED) is 0.836. The van der Waals surface area contributed by atoms with Crippen molar-refractivity contribution < 1.29 is 13.2 Å². The molecule has 1 saturated heterocycles. The topological polar surface area (TPSA) is 67.4 Å². The van der Waals surface area contributed by atoms with E-state index in [-0.39, 0.29) is 12.1 Å². The number of thiophene rings is 1. The van der Waals surface area contributed by atoms with Crippen LogP contribution in [-0.2, 0) is 21.3 Å². The van der Waals surface area contributed by atoms with Crippen LogP contribution in [0.4, 0.5) is 0 Å². The van der Waals surface area contributed by atoms with E-state index in [2.05, 4.69) is 10.0 Å². The van der Waals surface area contributed by atoms with E-state index in [0.717, 1.165) is 36.4 Å². The molecule has 1 aliphatic rings. The van der Waals surface area contributed by atoms with Crippen molar-refractivity contribution in [1.29, 1.82) is 0 Å². The highest BCUT2D eigenvalue weighted by Crippen LogP contribution is 2.27. The molecule has 1 fully saturated rings. The molecule has 2 rings (SSSR count). The summed E-state index contributed by atoms with van der Waals surface area (Å²) < 4.78 is 33.7. The molecule has 1 aromatic heterocycles. The zero-order chi connectivity index (χ0) is 15.5. The Kier molecular flexibility index (Phi) is 5.79. The second-order valence-electron chi connectivity index (χ2n) is 5.48. The van der Waals surface area contributed by atoms with Gasteiger partial charge in [-0.05, 0) is 44.9 Å². The molecule has 1 aliphatic heterocycles. The predicted octanol–water partition coefficient (Wildman–Crippen LogP) is 2.01. The highest BCUT2D eigenvalue weighted by Gasteiger charge is 2.26. The van der Waals surface area contributed by atoms with Gasteiger partial charge in [0, 0.05) is 24.1 Å². The fourth-order valence-corrected chi connectivity index (χ4v) is 5.28. The maximum Gasteiger partial charge on any atom is 0.250 e. The van der Waals surface area contributed by atoms with Crippen LogP contribution in [0.5, 0.6) is 0 Å². The van der Waals surface area contributed by atoms with Crippen molar-refractivity contribution >= 4 is 21.4 Å². The summed E-state index contributed by atoms with van der Waals surface area (Å²) in [5, 5.41) is 3.24. The second kappa shape index (κ2) is 7.19. The fourth-order valence-electron chi connectivity index (χ4n) is 2.42. The lowest BCUT2D eigenvalue weighted by molar-refractivity contribution is 0.0173. The summed E-state index contributed by atoms with van der Waals surface area (Å²) in [6.07, 6.45) is 1.58. The Bertz CT molecular complexity index is 569. The van der Waals surface area contributed by atoms with Crippen LogP contribution in [0.2, 0.25) is 0 Å². The fraction of sp³-hybridized carbons (Fsp3) is 0.714. The van der Waals surface area contributed by atoms with Crippen molar-refractivity contribution in [3.05, 3.63) is 16.5 Å². The van der Waals surface area contributed by atoms with E-state index < -0.39 is 10.0 Å². The first-order chi connectivity index (χ1) is 9.92. The smallest absolute Gasteiger partial charge is 0.250 e. The molecule has 2 N–H and O–H groups in total. The molecule has 5 nitrogen and oxygen atoms in total. The molecule has 0 radical (unpaired) electrons. The third kappa shape index (κ3) is 4.50. The summed E-state index contributed by atoms with van der Waals surface area (Å²) in [5.74, 6) is 0. The molecule has 0 aliphatic carbocycles. The lowest BCUT2D eigenvalue weighted by Crippen LogP contribution is -2.40. The van der Waals surface area contributed by atoms with E-state index in [0.29, 0.717) is 10.8 Å². The molecular formula is C14H24N2O3S2. The van der Waals surface area contributed by atoms with Crippen LogP contribution in [0, 0.1) is 6.92 Å². The van der Waals surface area contributed by atoms with Gasteiger partial charge in [-0.15, -0.1) is 11.3 Å². The van der Waals surface area contributed by atoms with Gasteiger partial charge in [-0.3, -0.25) is 0 Å². The molecule has 21 heavy (non-hydrogen) atoms. The average Bonchev–Trinajstić information content (AvgIpc) is 2.78. The third-order valence-corrected chi connectivity index (χ3v) is 6.84. The van der Waals surface area contributed by atoms with Gasteiger partial charge in [0.2, 0.25) is 10.0 Å². The Hall–Kier alpha value is -0.470. The van der Waals surface area contributed by atoms with Crippen LogP contribution in [0.3, 0.4) is 0 Å². The average molecular weight is 332 g/mol. The largest absolute Gasteiger partial charge is 0.378 e. The Morgan fingerprint density at radius 1 is 1.48 bits per heavy atom. The van der Waals surface area contributed by atoms with Crippen molar-refractivity contribution in [2.75, 3.05) is 13.2 Å². The lowest BCUT2D eigenvalue weighted by Gasteiger charge is -2.27. The standard InChI is InChI=1S/C14H24N2O3S2/c1-4-15-9-13-10(2)7-14(20-13)21(17,18)16-12-5-6-19-11(3)8-12/h7,11-12,15-16H,4-6,8-9H2,1-3H3. The van der Waals surface area contributed by atoms with Crippen LogP contribution in [0.1, 0.15) is 37.1 Å². The summed E-state index contributed by atoms with van der Waals surface area (Å²) in [6, 6.07) is 1.74. The SMILES string of the molecule is CCNCc1sc(S(=O)(=O)NC2CCOC(C)C2)cc1C. The van der Waals surface area contributed by atoms with Crippen LogP contribution < -0.4 is 10.0 Å². The van der Waals surface area contributed by atoms with Crippen molar-refractivity contribution in [3.8, 4) is 0 Å². The third-order valence-electron chi connectivity index (χ3n) is 3.61. The Morgan fingerprint density at radius 3 is 2.90 bits per heavy atom. The minimum atomic E-state index is -3.42. The first-order valence-corrected chi connectivity index (χ1v) is 9.66. The van der Waals surface area contributed by atoms with Gasteiger partial charge in [0.15, 0.2) is 0 Å². The zero-order valence-corrected chi connectivity index (χ0v) is 14.4. The Labute approximate surface area is 131 Å². The van der Waals surface area contributed by atoms with E-state index in [1.807, 2.05) is 20.8 Å². The minimum Gasteiger partial charge on any atom is -0.378 e. The molecule has 0 spiro atoms. The summed E-state index contributed by atoms with van der Waals surface area (Å²) in [7, 11) is -3.42. The van der Waals surface area contributed by atoms with Gasteiger partial charge in [0.1, 0.15) is 4.21 Å². The molecule has 0 aromatic carbocycles. The van der Waals surface area contributed by atoms with E-state index in [9.17, 15) is 8.42 Å². The summed E-state index contributed by atoms with van der Waals surface area (Å²) in [6.45, 7) is 8.18. The molecular weight excluding hydrogens is 308 g/mol. The second-order valence-corrected chi connectivity index (χ2v) is 8.55. The highest BCUT2D eigenvalue weighted by molar-refractivity contribution is 7.91. The summed E-state index contributed by atoms with van der Waals surface area (Å²) in [5.41, 5.74) is 1.03. The maximum absolute atomic E-state index is 12.5. The number of hydrogen-bond donors (Lipinski definition) is 2. The molecule has 0 amide bonds. The zero-order valence-electron chi connectivity index (χ0n) is 12.8. The van der Waals surface area contributed by atoms with Crippen molar-refractivity contribution in [2.24, 2.45) is 0 Å². The van der Waals surface area contributed by atoms with Crippen molar-refractivity contribution in [2.45, 2.75) is 56.5 Å². The van der Waals surface area contributed by atoms with Gasteiger partial charge in [-0.25, -0.2) is 13.1 Å². The predicted molar refractivity (Wildman–Crippen MR) is 85.2 cm³/mol. The van der Waals surface area contributed by atoms with Gasteiger partial charge in [0.05, 0.1) is 6.10 Å². The first-order valence-electron chi connectivity index (χ1n) is 7.36. The van der Waals surface area contributed by atoms with Crippen LogP contribution >= 0.6 is 11.3 Å². The molecule has 120 valence electrons. The number of rotatable bonds is 6. The van der Waals surface area contributed by atoms with Crippen LogP contribution in [-0.4, -0.2) is 33.7 Å². The molecule has 7 heteroatoms. The maximum atomic E-state index is 12.5. The van der Waals surface area contributed by atoms with Crippen molar-refractivity contribution in [1.82, 2.24) is 10.0 Å². The van der Waals surface area contributed by atoms with Crippen LogP contribution in [0.15, 0.2) is 10.3 Å². The van der Waals surface area contributed by atoms with E-state index in [1.54, 1.807) is 6.07 Å². The Balaban J connectivity index is 2.08. The monoisotopic (exact) mass is 332 g/mol. The highest BCUT2D eigenvalue weighted by atomic mass is 32.2. The number of nitrogens with one attached hydrogen (secondary N) is 2. The lowest BCUT2D eigenvalue weighted by atomic mass is 10.1. The van der Waals surface area contributed by atoms with E-state index >= 15 is 0 Å². The number of hydrogen-bond acceptors (Lipinski definition) is 5. The van der Waals surface area contributed by atoms with Crippen molar-refractivity contribution in [3.63, 3.8) is 0 Å². The van der Waals surface area contributed by atoms with Gasteiger partial charge in [-0.2, -0.15) is 0 Å². The molecule has 0 bridgehead atoms. The van der Waals surface area contributed by atoms with E-state index in [4.69, 9.17) is 4.74 Å². The molecule has 2 unspecified atom stereocenters. The number of ether oxygens (including phenoxy) is 1. The van der Waals surface area contributed by atoms with Crippen LogP contribution in [0.25, 0.3) is 0 Å². The molecule has 0 saturated carbocycles. The normalized spacial score (nSPS) is 23.4. The van der Waals surface area contributed by atoms with Gasteiger partial charge >= 0.3 is 0 Å². The molecule has 2 atom stereocenters. The summed E-state index contributed by atoms with van der Waals surface area (Å²) in [4.78, 5) is 1.08. The first kappa shape index (κ1) is 16.9. The minimum absolute atomic E-state index is 0.0293. The van der Waals surface area contributed by atoms with Gasteiger partial charge in [-0.1, -0.05) is 6.92 Å². The number of aryl methyl sites for hydroxylation is 1. The summed E-state index contributed by atoms with van der Waals surface area (Å²) >= 11 is 1.35. The van der Waals surface area contributed by atoms with E-state index in [1.165, 1.54) is 11.3 Å². The Morgan fingerprint density at radius 2 is 2.24 bits per heavy atom.